The fourth-order valence-corrected chi connectivity index (χ4v) is 5.86. The number of nitrogens with one attached hydrogen (secondary N) is 2. The summed E-state index contributed by atoms with van der Waals surface area (Å²) in [5.74, 6) is 0.116. The number of hydrogen-bond acceptors (Lipinski definition) is 4. The van der Waals surface area contributed by atoms with Gasteiger partial charge in [-0.05, 0) is 64.4 Å². The van der Waals surface area contributed by atoms with Crippen LogP contribution < -0.4 is 10.6 Å². The Labute approximate surface area is 212 Å². The molecule has 182 valence electrons. The van der Waals surface area contributed by atoms with Crippen LogP contribution >= 0.6 is 0 Å². The molecule has 1 saturated heterocycles. The lowest BCUT2D eigenvalue weighted by molar-refractivity contribution is -0.126. The number of carbonyl (C=O) groups excluding carboxylic acids is 1. The van der Waals surface area contributed by atoms with Crippen molar-refractivity contribution in [2.24, 2.45) is 0 Å². The fraction of sp³-hybridized carbons (Fsp3) is 0.290. The number of aromatic nitrogens is 1. The highest BCUT2D eigenvalue weighted by molar-refractivity contribution is 5.83. The van der Waals surface area contributed by atoms with Gasteiger partial charge in [0.05, 0.1) is 6.04 Å². The van der Waals surface area contributed by atoms with E-state index < -0.39 is 0 Å². The van der Waals surface area contributed by atoms with Crippen LogP contribution in [0.25, 0.3) is 10.8 Å². The average molecular weight is 477 g/mol. The Kier molecular flexibility index (Phi) is 6.50. The smallest absolute Gasteiger partial charge is 0.237 e. The molecule has 2 atom stereocenters. The summed E-state index contributed by atoms with van der Waals surface area (Å²) in [6.07, 6.45) is 6.42. The normalized spacial score (nSPS) is 20.0. The lowest BCUT2D eigenvalue weighted by atomic mass is 10.1. The highest BCUT2D eigenvalue weighted by Crippen LogP contribution is 2.31. The molecule has 6 rings (SSSR count). The Morgan fingerprint density at radius 2 is 1.64 bits per heavy atom. The first-order valence-electron chi connectivity index (χ1n) is 12.9. The van der Waals surface area contributed by atoms with Gasteiger partial charge >= 0.3 is 0 Å². The molecule has 3 aromatic carbocycles. The summed E-state index contributed by atoms with van der Waals surface area (Å²) in [5, 5.41) is 9.47. The fourth-order valence-electron chi connectivity index (χ4n) is 5.86. The first-order valence-corrected chi connectivity index (χ1v) is 12.9. The molecular formula is C31H32N4O. The zero-order chi connectivity index (χ0) is 24.3. The minimum atomic E-state index is -0.130. The molecule has 1 aliphatic heterocycles. The molecule has 36 heavy (non-hydrogen) atoms. The van der Waals surface area contributed by atoms with Gasteiger partial charge in [-0.25, -0.2) is 0 Å². The second kappa shape index (κ2) is 10.2. The van der Waals surface area contributed by atoms with Crippen LogP contribution in [0, 0.1) is 0 Å². The third-order valence-electron chi connectivity index (χ3n) is 7.74. The second-order valence-corrected chi connectivity index (χ2v) is 10.1. The molecule has 4 aromatic rings. The minimum Gasteiger partial charge on any atom is -0.351 e. The molecule has 0 unspecified atom stereocenters. The first kappa shape index (κ1) is 22.9. The highest BCUT2D eigenvalue weighted by Gasteiger charge is 2.41. The summed E-state index contributed by atoms with van der Waals surface area (Å²) >= 11 is 0. The van der Waals surface area contributed by atoms with Gasteiger partial charge in [0.2, 0.25) is 5.91 Å². The maximum atomic E-state index is 13.4. The molecule has 0 bridgehead atoms. The van der Waals surface area contributed by atoms with Gasteiger partial charge < -0.3 is 10.6 Å². The van der Waals surface area contributed by atoms with Crippen LogP contribution in [0.2, 0.25) is 0 Å². The predicted molar refractivity (Wildman–Crippen MR) is 143 cm³/mol. The number of benzene rings is 3. The molecular weight excluding hydrogens is 444 g/mol. The van der Waals surface area contributed by atoms with Crippen LogP contribution in [-0.2, 0) is 30.7 Å². The Morgan fingerprint density at radius 1 is 0.861 bits per heavy atom. The summed E-state index contributed by atoms with van der Waals surface area (Å²) in [7, 11) is 0. The van der Waals surface area contributed by atoms with Crippen LogP contribution in [0.5, 0.6) is 0 Å². The minimum absolute atomic E-state index is 0.116. The maximum Gasteiger partial charge on any atom is 0.237 e. The lowest BCUT2D eigenvalue weighted by Gasteiger charge is -2.29. The monoisotopic (exact) mass is 476 g/mol. The number of hydrogen-bond donors (Lipinski definition) is 2. The number of carbonyl (C=O) groups is 1. The van der Waals surface area contributed by atoms with Crippen molar-refractivity contribution < 1.29 is 4.79 Å². The zero-order valence-electron chi connectivity index (χ0n) is 20.4. The summed E-state index contributed by atoms with van der Waals surface area (Å²) < 4.78 is 0. The van der Waals surface area contributed by atoms with E-state index in [1.165, 1.54) is 27.5 Å². The van der Waals surface area contributed by atoms with Crippen molar-refractivity contribution >= 4 is 16.7 Å². The van der Waals surface area contributed by atoms with Gasteiger partial charge in [-0.2, -0.15) is 0 Å². The van der Waals surface area contributed by atoms with Crippen molar-refractivity contribution in [1.29, 1.82) is 0 Å². The molecule has 2 heterocycles. The molecule has 2 aliphatic rings. The molecule has 5 nitrogen and oxygen atoms in total. The molecule has 1 fully saturated rings. The standard InChI is InChI=1S/C31H32N4O/c36-31(34-20-23-6-5-13-32-18-23)30-17-28(21-35(30)29-15-26-9-3-4-10-27(26)16-29)33-19-22-11-12-24-7-1-2-8-25(24)14-22/h1-14,18,28-30,33H,15-17,19-21H2,(H,34,36)/t28-,30-/m0/s1. The summed E-state index contributed by atoms with van der Waals surface area (Å²) in [5.41, 5.74) is 5.14. The van der Waals surface area contributed by atoms with Crippen LogP contribution in [0.4, 0.5) is 0 Å². The summed E-state index contributed by atoms with van der Waals surface area (Å²) in [4.78, 5) is 20.1. The number of rotatable bonds is 7. The van der Waals surface area contributed by atoms with Gasteiger partial charge in [0.25, 0.3) is 0 Å². The van der Waals surface area contributed by atoms with E-state index in [2.05, 4.69) is 87.2 Å². The Morgan fingerprint density at radius 3 is 2.42 bits per heavy atom. The van der Waals surface area contributed by atoms with Gasteiger partial charge in [-0.1, -0.05) is 66.7 Å². The van der Waals surface area contributed by atoms with Gasteiger partial charge in [-0.15, -0.1) is 0 Å². The summed E-state index contributed by atoms with van der Waals surface area (Å²) in [6, 6.07) is 28.3. The number of pyridine rings is 1. The van der Waals surface area contributed by atoms with Gasteiger partial charge in [0.15, 0.2) is 0 Å². The van der Waals surface area contributed by atoms with E-state index in [4.69, 9.17) is 0 Å². The number of fused-ring (bicyclic) bond motifs is 2. The van der Waals surface area contributed by atoms with Gasteiger partial charge in [0.1, 0.15) is 0 Å². The highest BCUT2D eigenvalue weighted by atomic mass is 16.2. The largest absolute Gasteiger partial charge is 0.351 e. The Balaban J connectivity index is 1.15. The van der Waals surface area contributed by atoms with Gasteiger partial charge in [-0.3, -0.25) is 14.7 Å². The Hall–Kier alpha value is -3.54. The van der Waals surface area contributed by atoms with E-state index in [0.29, 0.717) is 12.6 Å². The molecule has 0 radical (unpaired) electrons. The molecule has 0 spiro atoms. The van der Waals surface area contributed by atoms with Crippen molar-refractivity contribution in [3.63, 3.8) is 0 Å². The van der Waals surface area contributed by atoms with E-state index >= 15 is 0 Å². The Bertz CT molecular complexity index is 1330. The van der Waals surface area contributed by atoms with E-state index in [9.17, 15) is 4.79 Å². The van der Waals surface area contributed by atoms with E-state index in [0.717, 1.165) is 37.9 Å². The molecule has 1 amide bonds. The van der Waals surface area contributed by atoms with Crippen molar-refractivity contribution in [1.82, 2.24) is 20.5 Å². The second-order valence-electron chi connectivity index (χ2n) is 10.1. The topological polar surface area (TPSA) is 57.3 Å². The molecule has 1 aliphatic carbocycles. The number of likely N-dealkylation sites (tertiary alicyclic amines) is 1. The van der Waals surface area contributed by atoms with Crippen molar-refractivity contribution in [3.05, 3.63) is 114 Å². The quantitative estimate of drug-likeness (QED) is 0.419. The summed E-state index contributed by atoms with van der Waals surface area (Å²) in [6.45, 7) is 2.20. The van der Waals surface area contributed by atoms with Crippen molar-refractivity contribution in [2.75, 3.05) is 6.54 Å². The SMILES string of the molecule is O=C(NCc1cccnc1)[C@@H]1C[C@H](NCc2ccc3ccccc3c2)CN1C1Cc2ccccc2C1. The van der Waals surface area contributed by atoms with Gasteiger partial charge in [0, 0.05) is 44.1 Å². The number of amides is 1. The molecule has 5 heteroatoms. The third kappa shape index (κ3) is 4.90. The van der Waals surface area contributed by atoms with Crippen LogP contribution in [0.3, 0.4) is 0 Å². The average Bonchev–Trinajstić information content (AvgIpc) is 3.55. The van der Waals surface area contributed by atoms with E-state index in [-0.39, 0.29) is 18.0 Å². The van der Waals surface area contributed by atoms with Crippen LogP contribution in [-0.4, -0.2) is 40.5 Å². The van der Waals surface area contributed by atoms with Crippen LogP contribution in [0.1, 0.15) is 28.7 Å². The molecule has 1 aromatic heterocycles. The number of nitrogens with zero attached hydrogens (tertiary/aromatic N) is 2. The van der Waals surface area contributed by atoms with Crippen LogP contribution in [0.15, 0.2) is 91.3 Å². The zero-order valence-corrected chi connectivity index (χ0v) is 20.4. The van der Waals surface area contributed by atoms with Crippen molar-refractivity contribution in [3.8, 4) is 0 Å². The predicted octanol–water partition coefficient (Wildman–Crippen LogP) is 4.25. The third-order valence-corrected chi connectivity index (χ3v) is 7.74. The van der Waals surface area contributed by atoms with E-state index in [1.54, 1.807) is 6.20 Å². The molecule has 0 saturated carbocycles. The first-order chi connectivity index (χ1) is 17.7. The maximum absolute atomic E-state index is 13.4. The molecule has 2 N–H and O–H groups in total. The lowest BCUT2D eigenvalue weighted by Crippen LogP contribution is -2.48. The van der Waals surface area contributed by atoms with Crippen molar-refractivity contribution in [2.45, 2.75) is 50.5 Å². The van der Waals surface area contributed by atoms with E-state index in [1.807, 2.05) is 18.3 Å².